The van der Waals surface area contributed by atoms with E-state index >= 15 is 0 Å². The molecule has 2 fully saturated rings. The number of hydrogen-bond donors (Lipinski definition) is 2. The third-order valence-corrected chi connectivity index (χ3v) is 5.29. The molecule has 1 amide bonds. The summed E-state index contributed by atoms with van der Waals surface area (Å²) in [5.74, 6) is 1.51. The maximum atomic E-state index is 12.4. The van der Waals surface area contributed by atoms with E-state index in [1.165, 1.54) is 19.3 Å². The highest BCUT2D eigenvalue weighted by molar-refractivity contribution is 5.92. The van der Waals surface area contributed by atoms with E-state index in [2.05, 4.69) is 5.32 Å². The van der Waals surface area contributed by atoms with Crippen molar-refractivity contribution in [1.82, 2.24) is 5.32 Å². The minimum atomic E-state index is -0.373. The van der Waals surface area contributed by atoms with Gasteiger partial charge in [0.25, 0.3) is 5.91 Å². The summed E-state index contributed by atoms with van der Waals surface area (Å²) >= 11 is 0. The van der Waals surface area contributed by atoms with Crippen LogP contribution in [0, 0.1) is 17.8 Å². The van der Waals surface area contributed by atoms with Gasteiger partial charge in [-0.1, -0.05) is 6.42 Å². The Bertz CT molecular complexity index is 442. The third-order valence-electron chi connectivity index (χ3n) is 5.29. The van der Waals surface area contributed by atoms with Crippen LogP contribution in [0.1, 0.15) is 51.9 Å². The Kier molecular flexibility index (Phi) is 5.59. The molecule has 1 heterocycles. The first-order valence-electron chi connectivity index (χ1n) is 9.14. The van der Waals surface area contributed by atoms with Crippen molar-refractivity contribution in [2.45, 2.75) is 64.2 Å². The van der Waals surface area contributed by atoms with Gasteiger partial charge in [-0.25, -0.2) is 0 Å². The number of nitrogens with one attached hydrogen (secondary N) is 1. The van der Waals surface area contributed by atoms with E-state index < -0.39 is 0 Å². The topological polar surface area (TPSA) is 67.8 Å². The lowest BCUT2D eigenvalue weighted by Gasteiger charge is -2.43. The van der Waals surface area contributed by atoms with Gasteiger partial charge in [0.05, 0.1) is 0 Å². The van der Waals surface area contributed by atoms with Gasteiger partial charge in [-0.2, -0.15) is 0 Å². The van der Waals surface area contributed by atoms with Crippen LogP contribution in [0.15, 0.2) is 11.8 Å². The average Bonchev–Trinajstić information content (AvgIpc) is 3.28. The van der Waals surface area contributed by atoms with Crippen molar-refractivity contribution in [3.8, 4) is 0 Å². The fraction of sp³-hybridized carbons (Fsp3) is 0.833. The van der Waals surface area contributed by atoms with Gasteiger partial charge in [0.2, 0.25) is 6.29 Å². The standard InChI is InChI=1S/C18H29NO4/c1-2-22-18-14(7-4-10-20)15(12-5-3-6-12)11-16(23-18)17(21)19-13-8-9-13/h11-15,18,20H,2-10H2,1H3,(H,19,21)/t14-,15-,18-/m1/s1. The Balaban J connectivity index is 1.76. The second kappa shape index (κ2) is 7.67. The number of amides is 1. The maximum absolute atomic E-state index is 12.4. The number of carbonyl (C=O) groups excluding carboxylic acids is 1. The van der Waals surface area contributed by atoms with Crippen LogP contribution >= 0.6 is 0 Å². The first-order chi connectivity index (χ1) is 11.2. The Morgan fingerprint density at radius 3 is 2.74 bits per heavy atom. The number of carbonyl (C=O) groups is 1. The molecular formula is C18H29NO4. The summed E-state index contributed by atoms with van der Waals surface area (Å²) in [4.78, 5) is 12.4. The molecule has 3 aliphatic rings. The number of aliphatic hydroxyl groups is 1. The second-order valence-corrected chi connectivity index (χ2v) is 7.02. The Hall–Kier alpha value is -1.07. The van der Waals surface area contributed by atoms with Gasteiger partial charge in [-0.15, -0.1) is 0 Å². The van der Waals surface area contributed by atoms with Crippen LogP contribution in [0.3, 0.4) is 0 Å². The highest BCUT2D eigenvalue weighted by atomic mass is 16.7. The molecule has 0 aromatic rings. The van der Waals surface area contributed by atoms with Crippen LogP contribution in [-0.2, 0) is 14.3 Å². The lowest BCUT2D eigenvalue weighted by molar-refractivity contribution is -0.178. The van der Waals surface area contributed by atoms with Gasteiger partial charge in [-0.3, -0.25) is 4.79 Å². The molecule has 0 unspecified atom stereocenters. The Morgan fingerprint density at radius 2 is 2.17 bits per heavy atom. The van der Waals surface area contributed by atoms with Crippen LogP contribution in [0.5, 0.6) is 0 Å². The lowest BCUT2D eigenvalue weighted by atomic mass is 9.68. The zero-order valence-corrected chi connectivity index (χ0v) is 14.0. The average molecular weight is 323 g/mol. The van der Waals surface area contributed by atoms with Crippen LogP contribution in [0.4, 0.5) is 0 Å². The van der Waals surface area contributed by atoms with Crippen LogP contribution < -0.4 is 5.32 Å². The van der Waals surface area contributed by atoms with Crippen molar-refractivity contribution in [3.05, 3.63) is 11.8 Å². The summed E-state index contributed by atoms with van der Waals surface area (Å²) in [6, 6.07) is 0.326. The molecule has 23 heavy (non-hydrogen) atoms. The zero-order valence-electron chi connectivity index (χ0n) is 14.0. The van der Waals surface area contributed by atoms with Gasteiger partial charge < -0.3 is 19.9 Å². The molecule has 0 radical (unpaired) electrons. The lowest BCUT2D eigenvalue weighted by Crippen LogP contribution is -2.43. The predicted molar refractivity (Wildman–Crippen MR) is 86.4 cm³/mol. The van der Waals surface area contributed by atoms with Gasteiger partial charge in [0.15, 0.2) is 5.76 Å². The molecule has 0 aromatic heterocycles. The van der Waals surface area contributed by atoms with Crippen LogP contribution in [0.25, 0.3) is 0 Å². The van der Waals surface area contributed by atoms with Crippen LogP contribution in [-0.4, -0.2) is 36.6 Å². The molecule has 2 N–H and O–H groups in total. The summed E-state index contributed by atoms with van der Waals surface area (Å²) in [7, 11) is 0. The number of hydrogen-bond acceptors (Lipinski definition) is 4. The summed E-state index contributed by atoms with van der Waals surface area (Å²) < 4.78 is 11.7. The molecule has 2 aliphatic carbocycles. The van der Waals surface area contributed by atoms with Crippen molar-refractivity contribution in [1.29, 1.82) is 0 Å². The van der Waals surface area contributed by atoms with E-state index in [0.717, 1.165) is 25.7 Å². The maximum Gasteiger partial charge on any atom is 0.286 e. The molecule has 130 valence electrons. The number of aliphatic hydroxyl groups excluding tert-OH is 1. The third kappa shape index (κ3) is 4.07. The molecule has 3 rings (SSSR count). The first-order valence-corrected chi connectivity index (χ1v) is 9.14. The molecule has 3 atom stereocenters. The zero-order chi connectivity index (χ0) is 16.2. The van der Waals surface area contributed by atoms with E-state index in [9.17, 15) is 9.90 Å². The predicted octanol–water partition coefficient (Wildman–Crippen LogP) is 2.35. The molecule has 2 saturated carbocycles. The highest BCUT2D eigenvalue weighted by Gasteiger charge is 2.42. The Labute approximate surface area is 138 Å². The van der Waals surface area contributed by atoms with E-state index in [4.69, 9.17) is 9.47 Å². The first kappa shape index (κ1) is 16.8. The smallest absolute Gasteiger partial charge is 0.286 e. The summed E-state index contributed by atoms with van der Waals surface area (Å²) in [5, 5.41) is 12.2. The fourth-order valence-corrected chi connectivity index (χ4v) is 3.63. The van der Waals surface area contributed by atoms with Crippen molar-refractivity contribution >= 4 is 5.91 Å². The summed E-state index contributed by atoms with van der Waals surface area (Å²) in [5.41, 5.74) is 0. The number of rotatable bonds is 8. The molecule has 0 saturated heterocycles. The second-order valence-electron chi connectivity index (χ2n) is 7.02. The van der Waals surface area contributed by atoms with Crippen molar-refractivity contribution in [3.63, 3.8) is 0 Å². The molecule has 5 heteroatoms. The molecular weight excluding hydrogens is 294 g/mol. The molecule has 5 nitrogen and oxygen atoms in total. The summed E-state index contributed by atoms with van der Waals surface area (Å²) in [6.45, 7) is 2.70. The van der Waals surface area contributed by atoms with E-state index in [1.807, 2.05) is 13.0 Å². The molecule has 0 bridgehead atoms. The van der Waals surface area contributed by atoms with E-state index in [1.54, 1.807) is 0 Å². The highest BCUT2D eigenvalue weighted by Crippen LogP contribution is 2.44. The van der Waals surface area contributed by atoms with Gasteiger partial charge in [0, 0.05) is 25.2 Å². The van der Waals surface area contributed by atoms with Crippen molar-refractivity contribution < 1.29 is 19.4 Å². The normalized spacial score (nSPS) is 31.0. The Morgan fingerprint density at radius 1 is 1.39 bits per heavy atom. The van der Waals surface area contributed by atoms with Crippen LogP contribution in [0.2, 0.25) is 0 Å². The minimum Gasteiger partial charge on any atom is -0.459 e. The van der Waals surface area contributed by atoms with Crippen molar-refractivity contribution in [2.24, 2.45) is 17.8 Å². The van der Waals surface area contributed by atoms with Gasteiger partial charge >= 0.3 is 0 Å². The number of allylic oxidation sites excluding steroid dienone is 1. The SMILES string of the molecule is CCO[C@@H]1OC(C(=O)NC2CC2)=C[C@H](C2CCC2)[C@H]1CCCO. The van der Waals surface area contributed by atoms with E-state index in [-0.39, 0.29) is 24.7 Å². The van der Waals surface area contributed by atoms with E-state index in [0.29, 0.717) is 30.2 Å². The molecule has 0 aromatic carbocycles. The molecule has 1 aliphatic heterocycles. The number of ether oxygens (including phenoxy) is 2. The van der Waals surface area contributed by atoms with Crippen molar-refractivity contribution in [2.75, 3.05) is 13.2 Å². The quantitative estimate of drug-likeness (QED) is 0.719. The van der Waals surface area contributed by atoms with Gasteiger partial charge in [-0.05, 0) is 63.4 Å². The summed E-state index contributed by atoms with van der Waals surface area (Å²) in [6.07, 6.45) is 9.12. The fourth-order valence-electron chi connectivity index (χ4n) is 3.63. The van der Waals surface area contributed by atoms with Gasteiger partial charge in [0.1, 0.15) is 0 Å². The molecule has 0 spiro atoms. The largest absolute Gasteiger partial charge is 0.459 e. The monoisotopic (exact) mass is 323 g/mol. The minimum absolute atomic E-state index is 0.0952.